The number of nitrogen functional groups attached to an aromatic ring is 1. The fraction of sp³-hybridized carbons (Fsp3) is 0.391. The van der Waals surface area contributed by atoms with E-state index in [1.165, 1.54) is 10.9 Å². The highest BCUT2D eigenvalue weighted by molar-refractivity contribution is 5.96. The topological polar surface area (TPSA) is 113 Å². The van der Waals surface area contributed by atoms with Gasteiger partial charge in [0, 0.05) is 30.4 Å². The third kappa shape index (κ3) is 4.90. The van der Waals surface area contributed by atoms with Gasteiger partial charge in [0.1, 0.15) is 18.4 Å². The molecule has 1 aliphatic heterocycles. The van der Waals surface area contributed by atoms with Crippen LogP contribution in [0.1, 0.15) is 51.6 Å². The summed E-state index contributed by atoms with van der Waals surface area (Å²) in [7, 11) is 0. The Morgan fingerprint density at radius 1 is 1.31 bits per heavy atom. The maximum atomic E-state index is 13.2. The summed E-state index contributed by atoms with van der Waals surface area (Å²) in [4.78, 5) is 16.5. The average Bonchev–Trinajstić information content (AvgIpc) is 3.23. The Balaban J connectivity index is 1.51. The van der Waals surface area contributed by atoms with Crippen LogP contribution in [0.15, 0.2) is 24.4 Å². The van der Waals surface area contributed by atoms with Gasteiger partial charge in [0.15, 0.2) is 5.69 Å². The highest BCUT2D eigenvalue weighted by atomic mass is 19.4. The molecule has 2 aromatic heterocycles. The van der Waals surface area contributed by atoms with E-state index < -0.39 is 24.5 Å². The molecule has 0 radical (unpaired) electrons. The number of aryl methyl sites for hydroxylation is 2. The van der Waals surface area contributed by atoms with Crippen molar-refractivity contribution in [2.45, 2.75) is 38.4 Å². The van der Waals surface area contributed by atoms with Crippen molar-refractivity contribution in [2.75, 3.05) is 25.5 Å². The summed E-state index contributed by atoms with van der Waals surface area (Å²) in [5.74, 6) is -0.505. The Morgan fingerprint density at radius 3 is 2.66 bits per heavy atom. The minimum atomic E-state index is -4.59. The summed E-state index contributed by atoms with van der Waals surface area (Å²) in [6.07, 6.45) is -2.02. The van der Waals surface area contributed by atoms with E-state index in [0.29, 0.717) is 31.3 Å². The zero-order chi connectivity index (χ0) is 25.3. The number of pyridine rings is 1. The molecule has 0 atom stereocenters. The van der Waals surface area contributed by atoms with E-state index in [-0.39, 0.29) is 34.9 Å². The third-order valence-corrected chi connectivity index (χ3v) is 6.14. The van der Waals surface area contributed by atoms with E-state index in [2.05, 4.69) is 15.5 Å². The second kappa shape index (κ2) is 9.50. The van der Waals surface area contributed by atoms with Gasteiger partial charge in [0.05, 0.1) is 17.6 Å². The number of piperidine rings is 1. The molecule has 0 spiro atoms. The lowest BCUT2D eigenvalue weighted by Crippen LogP contribution is -2.46. The number of alkyl halides is 4. The Kier molecular flexibility index (Phi) is 6.62. The van der Waals surface area contributed by atoms with Crippen LogP contribution in [0.2, 0.25) is 0 Å². The van der Waals surface area contributed by atoms with Gasteiger partial charge in [-0.05, 0) is 48.9 Å². The Labute approximate surface area is 198 Å². The molecule has 0 unspecified atom stereocenters. The average molecular weight is 489 g/mol. The Bertz CT molecular complexity index is 1300. The molecule has 1 aliphatic rings. The van der Waals surface area contributed by atoms with E-state index in [1.54, 1.807) is 17.1 Å². The van der Waals surface area contributed by atoms with Gasteiger partial charge in [-0.25, -0.2) is 14.4 Å². The number of amides is 1. The number of halogens is 4. The number of benzene rings is 1. The molecule has 35 heavy (non-hydrogen) atoms. The van der Waals surface area contributed by atoms with Crippen molar-refractivity contribution in [1.29, 1.82) is 5.26 Å². The van der Waals surface area contributed by atoms with Crippen LogP contribution in [0, 0.1) is 18.3 Å². The van der Waals surface area contributed by atoms with Gasteiger partial charge >= 0.3 is 6.18 Å². The molecule has 0 aliphatic carbocycles. The summed E-state index contributed by atoms with van der Waals surface area (Å²) < 4.78 is 53.4. The SMILES string of the molecule is Cc1ccc2nc(C(F)(F)F)cc(N)c2c1C1CCN(NC(=O)c2cn(CCF)nc2C#N)CC1. The zero-order valence-electron chi connectivity index (χ0n) is 18.9. The van der Waals surface area contributed by atoms with Crippen molar-refractivity contribution >= 4 is 22.5 Å². The molecular weight excluding hydrogens is 466 g/mol. The normalized spacial score (nSPS) is 15.3. The van der Waals surface area contributed by atoms with Crippen LogP contribution in [0.3, 0.4) is 0 Å². The van der Waals surface area contributed by atoms with Crippen molar-refractivity contribution in [1.82, 2.24) is 25.2 Å². The summed E-state index contributed by atoms with van der Waals surface area (Å²) in [5, 5.41) is 15.4. The number of carbonyl (C=O) groups is 1. The van der Waals surface area contributed by atoms with Gasteiger partial charge in [0.2, 0.25) is 0 Å². The molecule has 1 fully saturated rings. The van der Waals surface area contributed by atoms with Gasteiger partial charge < -0.3 is 5.73 Å². The summed E-state index contributed by atoms with van der Waals surface area (Å²) >= 11 is 0. The van der Waals surface area contributed by atoms with Crippen molar-refractivity contribution in [3.05, 3.63) is 52.5 Å². The monoisotopic (exact) mass is 489 g/mol. The molecule has 0 bridgehead atoms. The first kappa shape index (κ1) is 24.4. The van der Waals surface area contributed by atoms with Gasteiger partial charge in [-0.1, -0.05) is 6.07 Å². The first-order chi connectivity index (χ1) is 16.6. The molecule has 12 heteroatoms. The maximum absolute atomic E-state index is 13.2. The number of hydrogen-bond donors (Lipinski definition) is 2. The molecule has 3 heterocycles. The molecule has 4 rings (SSSR count). The molecule has 1 saturated heterocycles. The molecular formula is C23H23F4N7O. The molecule has 3 aromatic rings. The number of nitriles is 1. The number of nitrogens with one attached hydrogen (secondary N) is 1. The van der Waals surface area contributed by atoms with E-state index in [1.807, 2.05) is 13.0 Å². The Hall–Kier alpha value is -3.72. The van der Waals surface area contributed by atoms with Crippen LogP contribution in [0.4, 0.5) is 23.2 Å². The second-order valence-corrected chi connectivity index (χ2v) is 8.44. The number of carbonyl (C=O) groups excluding carboxylic acids is 1. The van der Waals surface area contributed by atoms with Gasteiger partial charge in [0.25, 0.3) is 5.91 Å². The lowest BCUT2D eigenvalue weighted by Gasteiger charge is -2.33. The molecule has 184 valence electrons. The second-order valence-electron chi connectivity index (χ2n) is 8.44. The van der Waals surface area contributed by atoms with Crippen LogP contribution in [-0.4, -0.2) is 45.4 Å². The molecule has 1 amide bonds. The smallest absolute Gasteiger partial charge is 0.398 e. The Morgan fingerprint density at radius 2 is 2.03 bits per heavy atom. The molecule has 0 saturated carbocycles. The predicted molar refractivity (Wildman–Crippen MR) is 120 cm³/mol. The number of nitrogens with two attached hydrogens (primary N) is 1. The number of nitrogens with zero attached hydrogens (tertiary/aromatic N) is 5. The van der Waals surface area contributed by atoms with Crippen LogP contribution in [0.5, 0.6) is 0 Å². The van der Waals surface area contributed by atoms with Crippen molar-refractivity contribution < 1.29 is 22.4 Å². The first-order valence-corrected chi connectivity index (χ1v) is 11.0. The summed E-state index contributed by atoms with van der Waals surface area (Å²) in [6.45, 7) is 2.10. The van der Waals surface area contributed by atoms with Gasteiger partial charge in [-0.15, -0.1) is 0 Å². The lowest BCUT2D eigenvalue weighted by molar-refractivity contribution is -0.140. The number of hydrogen-bond acceptors (Lipinski definition) is 6. The van der Waals surface area contributed by atoms with Crippen LogP contribution in [-0.2, 0) is 12.7 Å². The number of rotatable bonds is 5. The van der Waals surface area contributed by atoms with Gasteiger partial charge in [-0.3, -0.25) is 14.9 Å². The largest absolute Gasteiger partial charge is 0.433 e. The van der Waals surface area contributed by atoms with Crippen molar-refractivity contribution in [3.63, 3.8) is 0 Å². The quantitative estimate of drug-likeness (QED) is 0.529. The van der Waals surface area contributed by atoms with Crippen molar-refractivity contribution in [2.24, 2.45) is 0 Å². The zero-order valence-corrected chi connectivity index (χ0v) is 18.9. The fourth-order valence-corrected chi connectivity index (χ4v) is 4.52. The third-order valence-electron chi connectivity index (χ3n) is 6.14. The highest BCUT2D eigenvalue weighted by Gasteiger charge is 2.34. The number of hydrazine groups is 1. The number of anilines is 1. The van der Waals surface area contributed by atoms with Crippen LogP contribution in [0.25, 0.3) is 10.9 Å². The van der Waals surface area contributed by atoms with E-state index in [9.17, 15) is 27.6 Å². The molecule has 8 nitrogen and oxygen atoms in total. The van der Waals surface area contributed by atoms with Crippen molar-refractivity contribution in [3.8, 4) is 6.07 Å². The maximum Gasteiger partial charge on any atom is 0.433 e. The number of fused-ring (bicyclic) bond motifs is 1. The first-order valence-electron chi connectivity index (χ1n) is 11.0. The number of aromatic nitrogens is 3. The highest BCUT2D eigenvalue weighted by Crippen LogP contribution is 2.39. The molecule has 3 N–H and O–H groups in total. The van der Waals surface area contributed by atoms with Gasteiger partial charge in [-0.2, -0.15) is 23.5 Å². The minimum absolute atomic E-state index is 0.00895. The van der Waals surface area contributed by atoms with E-state index >= 15 is 0 Å². The molecule has 1 aromatic carbocycles. The summed E-state index contributed by atoms with van der Waals surface area (Å²) in [5.41, 5.74) is 9.79. The van der Waals surface area contributed by atoms with E-state index in [0.717, 1.165) is 17.2 Å². The summed E-state index contributed by atoms with van der Waals surface area (Å²) in [6, 6.07) is 6.01. The van der Waals surface area contributed by atoms with Crippen LogP contribution < -0.4 is 11.2 Å². The standard InChI is InChI=1S/C23H23F4N7O/c1-13-2-3-17-21(16(29)10-19(30-17)23(25,26)27)20(13)14-4-7-33(8-5-14)32-22(35)15-12-34(9-6-24)31-18(15)11-28/h2-3,10,12,14H,4-9H2,1H3,(H2,29,30)(H,32,35). The van der Waals surface area contributed by atoms with E-state index in [4.69, 9.17) is 5.73 Å². The fourth-order valence-electron chi connectivity index (χ4n) is 4.52. The lowest BCUT2D eigenvalue weighted by atomic mass is 9.84. The predicted octanol–water partition coefficient (Wildman–Crippen LogP) is 3.71. The minimum Gasteiger partial charge on any atom is -0.398 e. The van der Waals surface area contributed by atoms with Crippen LogP contribution >= 0.6 is 0 Å².